The maximum absolute atomic E-state index is 6.44. The molecule has 0 aliphatic heterocycles. The molecule has 310 valence electrons. The average Bonchev–Trinajstić information content (AvgIpc) is 3.79. The Hall–Kier alpha value is -8.72. The van der Waals surface area contributed by atoms with Crippen LogP contribution in [-0.2, 0) is 0 Å². The predicted octanol–water partition coefficient (Wildman–Crippen LogP) is 18.2. The fourth-order valence-electron chi connectivity index (χ4n) is 9.43. The SMILES string of the molecule is c1ccc(-c2ccc(-c3cccc(N(c4ccc(-c5ccc(-c6cccc(-c7ccc8ccccc8c7)c6)cc5)cc4)c4ccc(-c5cccc6c5oc5ccccc56)cc4)c3)cc2)cc1. The van der Waals surface area contributed by atoms with Gasteiger partial charge >= 0.3 is 0 Å². The minimum Gasteiger partial charge on any atom is -0.455 e. The van der Waals surface area contributed by atoms with Crippen molar-refractivity contribution in [2.24, 2.45) is 0 Å². The van der Waals surface area contributed by atoms with Gasteiger partial charge in [-0.15, -0.1) is 0 Å². The quantitative estimate of drug-likeness (QED) is 0.144. The van der Waals surface area contributed by atoms with E-state index < -0.39 is 0 Å². The highest BCUT2D eigenvalue weighted by Crippen LogP contribution is 2.41. The van der Waals surface area contributed by atoms with Crippen molar-refractivity contribution in [2.75, 3.05) is 4.90 Å². The van der Waals surface area contributed by atoms with E-state index in [4.69, 9.17) is 4.42 Å². The Morgan fingerprint density at radius 1 is 0.242 bits per heavy atom. The van der Waals surface area contributed by atoms with Gasteiger partial charge in [0, 0.05) is 33.4 Å². The number of furan rings is 1. The van der Waals surface area contributed by atoms with Crippen molar-refractivity contribution in [3.05, 3.63) is 261 Å². The third-order valence-corrected chi connectivity index (χ3v) is 12.9. The fraction of sp³-hybridized carbons (Fsp3) is 0. The molecule has 0 fully saturated rings. The second-order valence-electron chi connectivity index (χ2n) is 16.9. The third kappa shape index (κ3) is 7.41. The molecule has 0 N–H and O–H groups in total. The molecule has 0 saturated carbocycles. The summed E-state index contributed by atoms with van der Waals surface area (Å²) in [6.07, 6.45) is 0. The van der Waals surface area contributed by atoms with E-state index in [9.17, 15) is 0 Å². The number of rotatable bonds is 9. The zero-order valence-corrected chi connectivity index (χ0v) is 36.2. The molecule has 1 aromatic heterocycles. The van der Waals surface area contributed by atoms with E-state index in [1.807, 2.05) is 12.1 Å². The molecule has 0 unspecified atom stereocenters. The van der Waals surface area contributed by atoms with Crippen LogP contribution in [0.4, 0.5) is 17.1 Å². The monoisotopic (exact) mass is 841 g/mol. The standard InChI is InChI=1S/C64H43NO/c1-2-11-44(12-3-1)46-23-29-50(30-24-46)55-17-9-18-59(43-55)65(58-39-35-51(36-40-58)60-20-10-21-62-61-19-6-7-22-63(61)66-64(60)62)57-37-33-48(34-38-57)47-25-27-49(28-26-47)53-15-8-16-54(41-53)56-32-31-45-13-4-5-14-52(45)42-56/h1-43H. The highest BCUT2D eigenvalue weighted by Gasteiger charge is 2.17. The summed E-state index contributed by atoms with van der Waals surface area (Å²) >= 11 is 0. The second-order valence-corrected chi connectivity index (χ2v) is 16.9. The summed E-state index contributed by atoms with van der Waals surface area (Å²) in [5.74, 6) is 0. The van der Waals surface area contributed by atoms with Gasteiger partial charge in [0.05, 0.1) is 0 Å². The van der Waals surface area contributed by atoms with E-state index in [0.717, 1.165) is 61.3 Å². The van der Waals surface area contributed by atoms with Gasteiger partial charge in [0.2, 0.25) is 0 Å². The van der Waals surface area contributed by atoms with E-state index in [1.54, 1.807) is 0 Å². The van der Waals surface area contributed by atoms with Gasteiger partial charge < -0.3 is 9.32 Å². The van der Waals surface area contributed by atoms with Crippen molar-refractivity contribution in [3.8, 4) is 66.8 Å². The highest BCUT2D eigenvalue weighted by atomic mass is 16.3. The lowest BCUT2D eigenvalue weighted by Gasteiger charge is -2.26. The Bertz CT molecular complexity index is 3660. The first-order valence-corrected chi connectivity index (χ1v) is 22.6. The zero-order valence-electron chi connectivity index (χ0n) is 36.2. The van der Waals surface area contributed by atoms with E-state index >= 15 is 0 Å². The topological polar surface area (TPSA) is 16.4 Å². The number of hydrogen-bond donors (Lipinski definition) is 0. The molecule has 0 bridgehead atoms. The Balaban J connectivity index is 0.868. The lowest BCUT2D eigenvalue weighted by atomic mass is 9.96. The summed E-state index contributed by atoms with van der Waals surface area (Å²) in [4.78, 5) is 2.35. The molecular weight excluding hydrogens is 799 g/mol. The molecule has 12 aromatic rings. The summed E-state index contributed by atoms with van der Waals surface area (Å²) in [5.41, 5.74) is 19.1. The van der Waals surface area contributed by atoms with Gasteiger partial charge in [0.15, 0.2) is 0 Å². The van der Waals surface area contributed by atoms with Crippen LogP contribution in [0.3, 0.4) is 0 Å². The van der Waals surface area contributed by atoms with Gasteiger partial charge in [0.25, 0.3) is 0 Å². The molecule has 0 amide bonds. The van der Waals surface area contributed by atoms with E-state index in [1.165, 1.54) is 55.3 Å². The molecule has 2 heteroatoms. The smallest absolute Gasteiger partial charge is 0.143 e. The van der Waals surface area contributed by atoms with Gasteiger partial charge in [0.1, 0.15) is 11.2 Å². The van der Waals surface area contributed by atoms with Gasteiger partial charge in [-0.1, -0.05) is 206 Å². The molecule has 0 saturated heterocycles. The largest absolute Gasteiger partial charge is 0.455 e. The number of nitrogens with zero attached hydrogens (tertiary/aromatic N) is 1. The molecule has 0 atom stereocenters. The maximum atomic E-state index is 6.44. The number of anilines is 3. The first kappa shape index (κ1) is 38.9. The zero-order chi connectivity index (χ0) is 43.8. The van der Waals surface area contributed by atoms with Crippen molar-refractivity contribution >= 4 is 49.8 Å². The molecule has 2 nitrogen and oxygen atoms in total. The summed E-state index contributed by atoms with van der Waals surface area (Å²) in [5, 5.41) is 4.77. The van der Waals surface area contributed by atoms with Gasteiger partial charge in [-0.25, -0.2) is 0 Å². The van der Waals surface area contributed by atoms with Crippen LogP contribution < -0.4 is 4.90 Å². The van der Waals surface area contributed by atoms with Crippen LogP contribution in [0.2, 0.25) is 0 Å². The summed E-state index contributed by atoms with van der Waals surface area (Å²) in [7, 11) is 0. The summed E-state index contributed by atoms with van der Waals surface area (Å²) in [6, 6.07) is 93.8. The number of para-hydroxylation sites is 2. The van der Waals surface area contributed by atoms with Crippen molar-refractivity contribution in [2.45, 2.75) is 0 Å². The number of benzene rings is 11. The minimum absolute atomic E-state index is 0.902. The normalized spacial score (nSPS) is 11.3. The van der Waals surface area contributed by atoms with Crippen molar-refractivity contribution in [1.29, 1.82) is 0 Å². The Morgan fingerprint density at radius 2 is 0.682 bits per heavy atom. The molecule has 66 heavy (non-hydrogen) atoms. The van der Waals surface area contributed by atoms with Gasteiger partial charge in [-0.3, -0.25) is 0 Å². The van der Waals surface area contributed by atoms with Crippen molar-refractivity contribution in [1.82, 2.24) is 0 Å². The van der Waals surface area contributed by atoms with Crippen LogP contribution >= 0.6 is 0 Å². The minimum atomic E-state index is 0.902. The molecule has 12 rings (SSSR count). The van der Waals surface area contributed by atoms with E-state index in [2.05, 4.69) is 254 Å². The number of fused-ring (bicyclic) bond motifs is 4. The van der Waals surface area contributed by atoms with E-state index in [0.29, 0.717) is 0 Å². The molecule has 11 aromatic carbocycles. The first-order chi connectivity index (χ1) is 32.7. The first-order valence-electron chi connectivity index (χ1n) is 22.6. The van der Waals surface area contributed by atoms with Crippen LogP contribution in [-0.4, -0.2) is 0 Å². The van der Waals surface area contributed by atoms with Crippen LogP contribution in [0, 0.1) is 0 Å². The lowest BCUT2D eigenvalue weighted by molar-refractivity contribution is 0.670. The molecule has 0 aliphatic carbocycles. The molecular formula is C64H43NO. The summed E-state index contributed by atoms with van der Waals surface area (Å²) in [6.45, 7) is 0. The Morgan fingerprint density at radius 3 is 1.36 bits per heavy atom. The number of hydrogen-bond acceptors (Lipinski definition) is 2. The van der Waals surface area contributed by atoms with Crippen LogP contribution in [0.15, 0.2) is 265 Å². The third-order valence-electron chi connectivity index (χ3n) is 12.9. The summed E-state index contributed by atoms with van der Waals surface area (Å²) < 4.78 is 6.44. The second kappa shape index (κ2) is 16.8. The average molecular weight is 842 g/mol. The van der Waals surface area contributed by atoms with Gasteiger partial charge in [-0.2, -0.15) is 0 Å². The molecule has 0 radical (unpaired) electrons. The predicted molar refractivity (Wildman–Crippen MR) is 279 cm³/mol. The lowest BCUT2D eigenvalue weighted by Crippen LogP contribution is -2.10. The van der Waals surface area contributed by atoms with E-state index in [-0.39, 0.29) is 0 Å². The fourth-order valence-corrected chi connectivity index (χ4v) is 9.43. The Labute approximate surface area is 384 Å². The molecule has 0 aliphatic rings. The highest BCUT2D eigenvalue weighted by molar-refractivity contribution is 6.09. The van der Waals surface area contributed by atoms with Crippen LogP contribution in [0.25, 0.3) is 99.5 Å². The van der Waals surface area contributed by atoms with Crippen LogP contribution in [0.1, 0.15) is 0 Å². The van der Waals surface area contributed by atoms with Gasteiger partial charge in [-0.05, 0) is 127 Å². The van der Waals surface area contributed by atoms with Crippen LogP contribution in [0.5, 0.6) is 0 Å². The molecule has 0 spiro atoms. The van der Waals surface area contributed by atoms with Crippen molar-refractivity contribution < 1.29 is 4.42 Å². The van der Waals surface area contributed by atoms with Crippen molar-refractivity contribution in [3.63, 3.8) is 0 Å². The maximum Gasteiger partial charge on any atom is 0.143 e. The molecule has 1 heterocycles. The Kier molecular flexibility index (Phi) is 9.89.